The highest BCUT2D eigenvalue weighted by Gasteiger charge is 2.12. The van der Waals surface area contributed by atoms with Crippen molar-refractivity contribution in [2.75, 3.05) is 14.2 Å². The normalized spacial score (nSPS) is 10.4. The molecule has 2 aromatic carbocycles. The summed E-state index contributed by atoms with van der Waals surface area (Å²) in [6.45, 7) is 0. The Bertz CT molecular complexity index is 537. The van der Waals surface area contributed by atoms with Crippen LogP contribution in [0, 0.1) is 0 Å². The molecule has 0 atom stereocenters. The van der Waals surface area contributed by atoms with Crippen molar-refractivity contribution in [1.82, 2.24) is 0 Å². The number of phenols is 1. The highest BCUT2D eigenvalue weighted by atomic mass is 35.5. The SMILES string of the molecule is COc1ccc2cc(Cl)c(OC)c(O)c2c1. The van der Waals surface area contributed by atoms with E-state index in [1.54, 1.807) is 19.2 Å². The first kappa shape index (κ1) is 10.9. The Labute approximate surface area is 98.2 Å². The summed E-state index contributed by atoms with van der Waals surface area (Å²) in [5.41, 5.74) is 0. The molecule has 2 rings (SSSR count). The van der Waals surface area contributed by atoms with Gasteiger partial charge in [-0.05, 0) is 23.6 Å². The van der Waals surface area contributed by atoms with Gasteiger partial charge in [-0.25, -0.2) is 0 Å². The number of phenolic OH excluding ortho intramolecular Hbond substituents is 1. The molecular weight excluding hydrogens is 228 g/mol. The van der Waals surface area contributed by atoms with Gasteiger partial charge in [-0.2, -0.15) is 0 Å². The van der Waals surface area contributed by atoms with Gasteiger partial charge >= 0.3 is 0 Å². The number of halogens is 1. The van der Waals surface area contributed by atoms with Crippen molar-refractivity contribution in [3.8, 4) is 17.2 Å². The van der Waals surface area contributed by atoms with E-state index in [0.717, 1.165) is 5.39 Å². The van der Waals surface area contributed by atoms with Gasteiger partial charge in [-0.3, -0.25) is 0 Å². The van der Waals surface area contributed by atoms with Gasteiger partial charge in [0.05, 0.1) is 19.2 Å². The minimum atomic E-state index is 0.0314. The number of aromatic hydroxyl groups is 1. The zero-order valence-corrected chi connectivity index (χ0v) is 9.71. The van der Waals surface area contributed by atoms with Gasteiger partial charge in [0, 0.05) is 5.39 Å². The summed E-state index contributed by atoms with van der Waals surface area (Å²) in [6.07, 6.45) is 0. The molecule has 3 nitrogen and oxygen atoms in total. The second-order valence-electron chi connectivity index (χ2n) is 3.33. The Morgan fingerprint density at radius 2 is 1.88 bits per heavy atom. The lowest BCUT2D eigenvalue weighted by Crippen LogP contribution is -1.88. The lowest BCUT2D eigenvalue weighted by atomic mass is 10.1. The average molecular weight is 239 g/mol. The molecule has 0 aromatic heterocycles. The number of fused-ring (bicyclic) bond motifs is 1. The molecule has 16 heavy (non-hydrogen) atoms. The molecule has 0 radical (unpaired) electrons. The summed E-state index contributed by atoms with van der Waals surface area (Å²) in [7, 11) is 3.04. The van der Waals surface area contributed by atoms with E-state index in [0.29, 0.717) is 16.2 Å². The number of benzene rings is 2. The minimum Gasteiger partial charge on any atom is -0.504 e. The van der Waals surface area contributed by atoms with Crippen LogP contribution in [0.2, 0.25) is 5.02 Å². The highest BCUT2D eigenvalue weighted by Crippen LogP contribution is 2.41. The van der Waals surface area contributed by atoms with Crippen LogP contribution in [0.5, 0.6) is 17.2 Å². The summed E-state index contributed by atoms with van der Waals surface area (Å²) in [4.78, 5) is 0. The first-order chi connectivity index (χ1) is 7.67. The maximum atomic E-state index is 9.99. The molecule has 84 valence electrons. The smallest absolute Gasteiger partial charge is 0.179 e. The molecule has 0 saturated carbocycles. The Morgan fingerprint density at radius 1 is 1.12 bits per heavy atom. The number of hydrogen-bond acceptors (Lipinski definition) is 3. The molecule has 0 fully saturated rings. The van der Waals surface area contributed by atoms with Crippen LogP contribution >= 0.6 is 11.6 Å². The van der Waals surface area contributed by atoms with Gasteiger partial charge in [0.1, 0.15) is 5.75 Å². The number of hydrogen-bond donors (Lipinski definition) is 1. The molecule has 0 amide bonds. The molecule has 0 saturated heterocycles. The zero-order valence-electron chi connectivity index (χ0n) is 8.95. The van der Waals surface area contributed by atoms with E-state index in [9.17, 15) is 5.11 Å². The Hall–Kier alpha value is -1.61. The average Bonchev–Trinajstić information content (AvgIpc) is 2.29. The maximum absolute atomic E-state index is 9.99. The van der Waals surface area contributed by atoms with E-state index in [4.69, 9.17) is 21.1 Å². The number of ether oxygens (including phenoxy) is 2. The van der Waals surface area contributed by atoms with Crippen LogP contribution in [0.4, 0.5) is 0 Å². The van der Waals surface area contributed by atoms with E-state index < -0.39 is 0 Å². The minimum absolute atomic E-state index is 0.0314. The van der Waals surface area contributed by atoms with Gasteiger partial charge in [-0.15, -0.1) is 0 Å². The van der Waals surface area contributed by atoms with E-state index in [-0.39, 0.29) is 11.5 Å². The Kier molecular flexibility index (Phi) is 2.79. The molecule has 0 aliphatic carbocycles. The topological polar surface area (TPSA) is 38.7 Å². The van der Waals surface area contributed by atoms with Crippen molar-refractivity contribution in [2.45, 2.75) is 0 Å². The van der Waals surface area contributed by atoms with E-state index >= 15 is 0 Å². The quantitative estimate of drug-likeness (QED) is 0.873. The predicted molar refractivity (Wildman–Crippen MR) is 63.7 cm³/mol. The molecule has 4 heteroatoms. The van der Waals surface area contributed by atoms with Gasteiger partial charge in [0.25, 0.3) is 0 Å². The standard InChI is InChI=1S/C12H11ClO3/c1-15-8-4-3-7-5-10(13)12(16-2)11(14)9(7)6-8/h3-6,14H,1-2H3. The van der Waals surface area contributed by atoms with Crippen molar-refractivity contribution >= 4 is 22.4 Å². The van der Waals surface area contributed by atoms with Gasteiger partial charge in [0.2, 0.25) is 0 Å². The van der Waals surface area contributed by atoms with Crippen molar-refractivity contribution in [2.24, 2.45) is 0 Å². The largest absolute Gasteiger partial charge is 0.504 e. The molecule has 0 aliphatic heterocycles. The first-order valence-electron chi connectivity index (χ1n) is 4.70. The van der Waals surface area contributed by atoms with Crippen LogP contribution in [0.15, 0.2) is 24.3 Å². The molecule has 0 spiro atoms. The van der Waals surface area contributed by atoms with Gasteiger partial charge < -0.3 is 14.6 Å². The van der Waals surface area contributed by atoms with Crippen molar-refractivity contribution in [1.29, 1.82) is 0 Å². The van der Waals surface area contributed by atoms with E-state index in [2.05, 4.69) is 0 Å². The fourth-order valence-corrected chi connectivity index (χ4v) is 1.91. The molecular formula is C12H11ClO3. The highest BCUT2D eigenvalue weighted by molar-refractivity contribution is 6.33. The summed E-state index contributed by atoms with van der Waals surface area (Å²) in [6, 6.07) is 7.13. The van der Waals surface area contributed by atoms with E-state index in [1.165, 1.54) is 7.11 Å². The summed E-state index contributed by atoms with van der Waals surface area (Å²) >= 11 is 5.97. The number of methoxy groups -OCH3 is 2. The van der Waals surface area contributed by atoms with Crippen LogP contribution in [0.3, 0.4) is 0 Å². The fourth-order valence-electron chi connectivity index (χ4n) is 1.62. The summed E-state index contributed by atoms with van der Waals surface area (Å²) in [5, 5.41) is 11.9. The lowest BCUT2D eigenvalue weighted by molar-refractivity contribution is 0.376. The van der Waals surface area contributed by atoms with Crippen molar-refractivity contribution < 1.29 is 14.6 Å². The lowest BCUT2D eigenvalue weighted by Gasteiger charge is -2.10. The molecule has 0 aliphatic rings. The van der Waals surface area contributed by atoms with Gasteiger partial charge in [-0.1, -0.05) is 17.7 Å². The molecule has 0 unspecified atom stereocenters. The number of rotatable bonds is 2. The second kappa shape index (κ2) is 4.10. The third-order valence-electron chi connectivity index (χ3n) is 2.43. The molecule has 2 aromatic rings. The van der Waals surface area contributed by atoms with Crippen molar-refractivity contribution in [3.05, 3.63) is 29.3 Å². The Morgan fingerprint density at radius 3 is 2.50 bits per heavy atom. The summed E-state index contributed by atoms with van der Waals surface area (Å²) in [5.74, 6) is 0.985. The first-order valence-corrected chi connectivity index (χ1v) is 5.08. The van der Waals surface area contributed by atoms with Crippen LogP contribution in [-0.4, -0.2) is 19.3 Å². The maximum Gasteiger partial charge on any atom is 0.179 e. The fraction of sp³-hybridized carbons (Fsp3) is 0.167. The zero-order chi connectivity index (χ0) is 11.7. The third-order valence-corrected chi connectivity index (χ3v) is 2.71. The van der Waals surface area contributed by atoms with Crippen LogP contribution in [0.1, 0.15) is 0 Å². The van der Waals surface area contributed by atoms with Crippen LogP contribution < -0.4 is 9.47 Å². The summed E-state index contributed by atoms with van der Waals surface area (Å²) < 4.78 is 10.1. The molecule has 0 bridgehead atoms. The van der Waals surface area contributed by atoms with Gasteiger partial charge in [0.15, 0.2) is 11.5 Å². The van der Waals surface area contributed by atoms with Crippen LogP contribution in [0.25, 0.3) is 10.8 Å². The van der Waals surface area contributed by atoms with Crippen LogP contribution in [-0.2, 0) is 0 Å². The monoisotopic (exact) mass is 238 g/mol. The Balaban J connectivity index is 2.78. The predicted octanol–water partition coefficient (Wildman–Crippen LogP) is 3.22. The molecule has 0 heterocycles. The third kappa shape index (κ3) is 1.63. The van der Waals surface area contributed by atoms with Crippen molar-refractivity contribution in [3.63, 3.8) is 0 Å². The van der Waals surface area contributed by atoms with E-state index in [1.807, 2.05) is 12.1 Å². The second-order valence-corrected chi connectivity index (χ2v) is 3.73. The molecule has 1 N–H and O–H groups in total.